The number of nitrogens with one attached hydrogen (secondary N) is 1. The highest BCUT2D eigenvalue weighted by Gasteiger charge is 2.00. The molecule has 0 aromatic rings. The van der Waals surface area contributed by atoms with Crippen LogP contribution < -0.4 is 16.8 Å². The largest absolute Gasteiger partial charge is 0.330 e. The normalized spacial score (nSPS) is 13.4. The van der Waals surface area contributed by atoms with E-state index in [1.165, 1.54) is 0 Å². The van der Waals surface area contributed by atoms with Crippen LogP contribution in [0, 0.1) is 0 Å². The van der Waals surface area contributed by atoms with Crippen LogP contribution in [0.5, 0.6) is 0 Å². The number of rotatable bonds is 9. The summed E-state index contributed by atoms with van der Waals surface area (Å²) in [4.78, 5) is 0. The maximum absolute atomic E-state index is 9.95. The van der Waals surface area contributed by atoms with E-state index >= 15 is 0 Å². The van der Waals surface area contributed by atoms with E-state index in [1.807, 2.05) is 0 Å². The molecule has 0 aliphatic rings. The number of unbranched alkanes of at least 4 members (excludes halogenated alkanes) is 1. The van der Waals surface area contributed by atoms with Crippen LogP contribution in [-0.2, 0) is 9.09 Å². The van der Waals surface area contributed by atoms with Crippen molar-refractivity contribution in [3.8, 4) is 0 Å². The van der Waals surface area contributed by atoms with Gasteiger partial charge in [-0.2, -0.15) is 0 Å². The molecule has 13 heavy (non-hydrogen) atoms. The van der Waals surface area contributed by atoms with Crippen molar-refractivity contribution in [1.82, 2.24) is 5.32 Å². The van der Waals surface area contributed by atoms with E-state index in [2.05, 4.69) is 9.84 Å². The lowest BCUT2D eigenvalue weighted by molar-refractivity contribution is 0.219. The summed E-state index contributed by atoms with van der Waals surface area (Å²) in [6.45, 7) is 2.46. The summed E-state index contributed by atoms with van der Waals surface area (Å²) in [5, 5.41) is 3.19. The monoisotopic (exact) mass is 207 g/mol. The van der Waals surface area contributed by atoms with E-state index in [1.54, 1.807) is 0 Å². The molecule has 78 valence electrons. The second kappa shape index (κ2) is 10.0. The van der Waals surface area contributed by atoms with Crippen LogP contribution in [0.1, 0.15) is 19.3 Å². The van der Waals surface area contributed by atoms with Gasteiger partial charge in [-0.15, -0.1) is 0 Å². The van der Waals surface area contributed by atoms with Gasteiger partial charge in [0, 0.05) is 6.42 Å². The van der Waals surface area contributed by atoms with Gasteiger partial charge < -0.3 is 16.8 Å². The zero-order chi connectivity index (χ0) is 9.94. The minimum atomic E-state index is -0.443. The van der Waals surface area contributed by atoms with Crippen LogP contribution in [0.3, 0.4) is 0 Å². The molecular weight excluding hydrogens is 189 g/mol. The predicted octanol–water partition coefficient (Wildman–Crippen LogP) is 0.213. The van der Waals surface area contributed by atoms with Crippen LogP contribution in [0.15, 0.2) is 0 Å². The zero-order valence-electron chi connectivity index (χ0n) is 7.74. The first-order valence-corrected chi connectivity index (χ1v) is 5.19. The lowest BCUT2D eigenvalue weighted by Crippen LogP contribution is -2.27. The molecule has 0 radical (unpaired) electrons. The van der Waals surface area contributed by atoms with E-state index in [-0.39, 0.29) is 8.69 Å². The van der Waals surface area contributed by atoms with E-state index < -0.39 is 6.23 Å². The summed E-state index contributed by atoms with van der Waals surface area (Å²) in [6, 6.07) is 0. The molecule has 0 heterocycles. The van der Waals surface area contributed by atoms with Crippen molar-refractivity contribution in [3.63, 3.8) is 0 Å². The Morgan fingerprint density at radius 2 is 2.15 bits per heavy atom. The van der Waals surface area contributed by atoms with Gasteiger partial charge in [-0.3, -0.25) is 4.52 Å². The standard InChI is InChI=1S/C7H18N3O2P/c8-4-1-2-5-10-6-3-7(9)12-13-11/h7,10H,1-6,8-9H2. The molecule has 0 fully saturated rings. The Kier molecular flexibility index (Phi) is 9.98. The summed E-state index contributed by atoms with van der Waals surface area (Å²) in [7, 11) is -0.353. The van der Waals surface area contributed by atoms with Crippen molar-refractivity contribution in [2.24, 2.45) is 11.5 Å². The third kappa shape index (κ3) is 9.86. The average molecular weight is 207 g/mol. The Hall–Kier alpha value is -0.0600. The fourth-order valence-electron chi connectivity index (χ4n) is 0.872. The van der Waals surface area contributed by atoms with Crippen LogP contribution >= 0.6 is 8.69 Å². The molecular formula is C7H18N3O2P. The minimum Gasteiger partial charge on any atom is -0.330 e. The van der Waals surface area contributed by atoms with Gasteiger partial charge in [-0.05, 0) is 32.5 Å². The van der Waals surface area contributed by atoms with Crippen LogP contribution in [0.25, 0.3) is 0 Å². The molecule has 0 aromatic heterocycles. The molecule has 0 saturated carbocycles. The van der Waals surface area contributed by atoms with Crippen molar-refractivity contribution in [2.45, 2.75) is 25.5 Å². The quantitative estimate of drug-likeness (QED) is 0.286. The van der Waals surface area contributed by atoms with Crippen LogP contribution in [0.4, 0.5) is 0 Å². The zero-order valence-corrected chi connectivity index (χ0v) is 8.63. The van der Waals surface area contributed by atoms with Gasteiger partial charge in [-0.25, -0.2) is 4.57 Å². The van der Waals surface area contributed by atoms with Gasteiger partial charge in [0.05, 0.1) is 0 Å². The summed E-state index contributed by atoms with van der Waals surface area (Å²) < 4.78 is 14.6. The first-order valence-electron chi connectivity index (χ1n) is 4.46. The lowest BCUT2D eigenvalue weighted by atomic mass is 10.3. The Morgan fingerprint density at radius 1 is 1.38 bits per heavy atom. The summed E-state index contributed by atoms with van der Waals surface area (Å²) in [6.07, 6.45) is 2.33. The lowest BCUT2D eigenvalue weighted by Gasteiger charge is -2.07. The van der Waals surface area contributed by atoms with Crippen molar-refractivity contribution in [3.05, 3.63) is 0 Å². The Labute approximate surface area is 80.5 Å². The molecule has 0 rings (SSSR count). The molecule has 0 aliphatic carbocycles. The molecule has 1 unspecified atom stereocenters. The van der Waals surface area contributed by atoms with E-state index in [4.69, 9.17) is 11.5 Å². The fraction of sp³-hybridized carbons (Fsp3) is 1.00. The minimum absolute atomic E-state index is 0.353. The first kappa shape index (κ1) is 12.9. The molecule has 0 aliphatic heterocycles. The van der Waals surface area contributed by atoms with Crippen molar-refractivity contribution in [1.29, 1.82) is 0 Å². The molecule has 0 aromatic carbocycles. The Morgan fingerprint density at radius 3 is 2.77 bits per heavy atom. The van der Waals surface area contributed by atoms with Crippen LogP contribution in [0.2, 0.25) is 0 Å². The van der Waals surface area contributed by atoms with Gasteiger partial charge in [-0.1, -0.05) is 0 Å². The topological polar surface area (TPSA) is 90.4 Å². The molecule has 0 spiro atoms. The Balaban J connectivity index is 3.01. The first-order chi connectivity index (χ1) is 6.31. The SMILES string of the molecule is NCCCCNCCC(N)OP=O. The van der Waals surface area contributed by atoms with Crippen molar-refractivity contribution in [2.75, 3.05) is 19.6 Å². The molecule has 0 bridgehead atoms. The third-order valence-corrected chi connectivity index (χ3v) is 1.95. The maximum atomic E-state index is 9.95. The molecule has 1 atom stereocenters. The summed E-state index contributed by atoms with van der Waals surface area (Å²) >= 11 is 0. The highest BCUT2D eigenvalue weighted by molar-refractivity contribution is 7.17. The smallest absolute Gasteiger partial charge is 0.328 e. The molecule has 0 amide bonds. The van der Waals surface area contributed by atoms with Gasteiger partial charge in [0.15, 0.2) is 0 Å². The number of hydrogen-bond acceptors (Lipinski definition) is 5. The second-order valence-electron chi connectivity index (χ2n) is 2.75. The summed E-state index contributed by atoms with van der Waals surface area (Å²) in [5.74, 6) is 0. The van der Waals surface area contributed by atoms with Gasteiger partial charge >= 0.3 is 8.69 Å². The molecule has 5 nitrogen and oxygen atoms in total. The number of hydrogen-bond donors (Lipinski definition) is 3. The Bertz CT molecular complexity index is 126. The molecule has 5 N–H and O–H groups in total. The van der Waals surface area contributed by atoms with E-state index in [9.17, 15) is 4.57 Å². The van der Waals surface area contributed by atoms with Crippen LogP contribution in [-0.4, -0.2) is 25.9 Å². The van der Waals surface area contributed by atoms with E-state index in [0.717, 1.165) is 32.5 Å². The number of nitrogens with two attached hydrogens (primary N) is 2. The third-order valence-electron chi connectivity index (χ3n) is 1.59. The van der Waals surface area contributed by atoms with E-state index in [0.29, 0.717) is 6.42 Å². The predicted molar refractivity (Wildman–Crippen MR) is 52.4 cm³/mol. The molecule has 0 saturated heterocycles. The highest BCUT2D eigenvalue weighted by Crippen LogP contribution is 2.00. The second-order valence-corrected chi connectivity index (χ2v) is 3.11. The van der Waals surface area contributed by atoms with Crippen molar-refractivity contribution < 1.29 is 9.09 Å². The van der Waals surface area contributed by atoms with Crippen molar-refractivity contribution >= 4 is 8.69 Å². The average Bonchev–Trinajstić information content (AvgIpc) is 2.11. The summed E-state index contributed by atoms with van der Waals surface area (Å²) in [5.41, 5.74) is 10.8. The fourth-order valence-corrected chi connectivity index (χ4v) is 1.09. The van der Waals surface area contributed by atoms with Gasteiger partial charge in [0.1, 0.15) is 6.23 Å². The van der Waals surface area contributed by atoms with Gasteiger partial charge in [0.25, 0.3) is 0 Å². The maximum Gasteiger partial charge on any atom is 0.328 e. The molecule has 6 heteroatoms. The van der Waals surface area contributed by atoms with Gasteiger partial charge in [0.2, 0.25) is 0 Å². The highest BCUT2D eigenvalue weighted by atomic mass is 31.1.